The molecule has 0 atom stereocenters. The van der Waals surface area contributed by atoms with Gasteiger partial charge in [0.25, 0.3) is 0 Å². The fourth-order valence-electron chi connectivity index (χ4n) is 1.64. The van der Waals surface area contributed by atoms with Crippen LogP contribution in [0.15, 0.2) is 12.1 Å². The van der Waals surface area contributed by atoms with E-state index >= 15 is 0 Å². The molecular formula is C14H22ClNO2S. The van der Waals surface area contributed by atoms with Gasteiger partial charge in [-0.25, -0.2) is 0 Å². The Morgan fingerprint density at radius 2 is 2.21 bits per heavy atom. The molecule has 0 unspecified atom stereocenters. The van der Waals surface area contributed by atoms with Gasteiger partial charge >= 0.3 is 0 Å². The first-order chi connectivity index (χ1) is 9.02. The van der Waals surface area contributed by atoms with Gasteiger partial charge in [-0.05, 0) is 25.0 Å². The van der Waals surface area contributed by atoms with E-state index in [-0.39, 0.29) is 5.91 Å². The molecule has 0 aliphatic carbocycles. The molecule has 0 saturated heterocycles. The number of carbonyl (C=O) groups is 1. The fourth-order valence-corrected chi connectivity index (χ4v) is 2.74. The second-order valence-corrected chi connectivity index (χ2v) is 6.63. The summed E-state index contributed by atoms with van der Waals surface area (Å²) in [5, 5.41) is 0. The third-order valence-electron chi connectivity index (χ3n) is 2.62. The first-order valence-corrected chi connectivity index (χ1v) is 7.82. The lowest BCUT2D eigenvalue weighted by molar-refractivity contribution is -0.132. The molecule has 0 fully saturated rings. The van der Waals surface area contributed by atoms with Crippen LogP contribution in [0.1, 0.15) is 32.1 Å². The highest BCUT2D eigenvalue weighted by molar-refractivity contribution is 7.16. The molecule has 5 heteroatoms. The number of hydrogen-bond donors (Lipinski definition) is 0. The zero-order valence-electron chi connectivity index (χ0n) is 11.8. The third kappa shape index (κ3) is 6.41. The van der Waals surface area contributed by atoms with E-state index in [9.17, 15) is 4.79 Å². The summed E-state index contributed by atoms with van der Waals surface area (Å²) >= 11 is 7.42. The molecule has 3 nitrogen and oxygen atoms in total. The molecule has 0 N–H and O–H groups in total. The van der Waals surface area contributed by atoms with Crippen molar-refractivity contribution >= 4 is 28.8 Å². The average molecular weight is 304 g/mol. The van der Waals surface area contributed by atoms with Crippen LogP contribution in [0, 0.1) is 5.92 Å². The normalized spacial score (nSPS) is 11.0. The van der Waals surface area contributed by atoms with Crippen LogP contribution >= 0.6 is 22.9 Å². The molecule has 1 amide bonds. The molecule has 1 aromatic heterocycles. The predicted molar refractivity (Wildman–Crippen MR) is 80.7 cm³/mol. The Balaban J connectivity index is 2.35. The van der Waals surface area contributed by atoms with Gasteiger partial charge in [-0.1, -0.05) is 25.4 Å². The van der Waals surface area contributed by atoms with Crippen LogP contribution in [0.25, 0.3) is 0 Å². The van der Waals surface area contributed by atoms with E-state index in [2.05, 4.69) is 13.8 Å². The zero-order chi connectivity index (χ0) is 14.3. The highest BCUT2D eigenvalue weighted by Crippen LogP contribution is 2.22. The molecule has 1 heterocycles. The third-order valence-corrected chi connectivity index (χ3v) is 3.84. The largest absolute Gasteiger partial charge is 0.381 e. The maximum atomic E-state index is 12.0. The summed E-state index contributed by atoms with van der Waals surface area (Å²) in [4.78, 5) is 15.0. The first kappa shape index (κ1) is 16.5. The van der Waals surface area contributed by atoms with E-state index in [0.29, 0.717) is 38.6 Å². The molecular weight excluding hydrogens is 282 g/mol. The van der Waals surface area contributed by atoms with Crippen LogP contribution in [0.3, 0.4) is 0 Å². The van der Waals surface area contributed by atoms with Crippen molar-refractivity contribution in [3.63, 3.8) is 0 Å². The Bertz CT molecular complexity index is 393. The van der Waals surface area contributed by atoms with Gasteiger partial charge in [0.1, 0.15) is 0 Å². The van der Waals surface area contributed by atoms with Gasteiger partial charge in [0, 0.05) is 18.0 Å². The maximum Gasteiger partial charge on any atom is 0.225 e. The summed E-state index contributed by atoms with van der Waals surface area (Å²) in [5.74, 6) is 0.640. The SMILES string of the molecule is CCN(Cc1ccc(Cl)s1)C(=O)CCOCC(C)C. The quantitative estimate of drug-likeness (QED) is 0.683. The van der Waals surface area contributed by atoms with E-state index in [1.54, 1.807) is 0 Å². The Kier molecular flexibility index (Phi) is 7.42. The van der Waals surface area contributed by atoms with Crippen LogP contribution in [0.2, 0.25) is 4.34 Å². The maximum absolute atomic E-state index is 12.0. The zero-order valence-corrected chi connectivity index (χ0v) is 13.4. The summed E-state index contributed by atoms with van der Waals surface area (Å²) < 4.78 is 6.21. The number of carbonyl (C=O) groups excluding carboxylic acids is 1. The van der Waals surface area contributed by atoms with Crippen LogP contribution in [-0.4, -0.2) is 30.6 Å². The number of hydrogen-bond acceptors (Lipinski definition) is 3. The van der Waals surface area contributed by atoms with E-state index in [1.807, 2.05) is 24.0 Å². The molecule has 108 valence electrons. The standard InChI is InChI=1S/C14H22ClNO2S/c1-4-16(9-12-5-6-13(15)19-12)14(17)7-8-18-10-11(2)3/h5-6,11H,4,7-10H2,1-3H3. The summed E-state index contributed by atoms with van der Waals surface area (Å²) in [7, 11) is 0. The molecule has 0 aliphatic rings. The van der Waals surface area contributed by atoms with Crippen LogP contribution in [-0.2, 0) is 16.1 Å². The van der Waals surface area contributed by atoms with Crippen molar-refractivity contribution in [2.24, 2.45) is 5.92 Å². The molecule has 19 heavy (non-hydrogen) atoms. The molecule has 0 spiro atoms. The molecule has 0 aromatic carbocycles. The number of rotatable bonds is 8. The number of thiophene rings is 1. The smallest absolute Gasteiger partial charge is 0.225 e. The van der Waals surface area contributed by atoms with Crippen molar-refractivity contribution < 1.29 is 9.53 Å². The summed E-state index contributed by atoms with van der Waals surface area (Å²) in [6.45, 7) is 8.73. The van der Waals surface area contributed by atoms with Gasteiger partial charge in [-0.2, -0.15) is 0 Å². The Hall–Kier alpha value is -0.580. The van der Waals surface area contributed by atoms with E-state index in [0.717, 1.165) is 9.21 Å². The average Bonchev–Trinajstić information content (AvgIpc) is 2.76. The molecule has 0 saturated carbocycles. The predicted octanol–water partition coefficient (Wildman–Crippen LogP) is 3.81. The van der Waals surface area contributed by atoms with Crippen LogP contribution < -0.4 is 0 Å². The summed E-state index contributed by atoms with van der Waals surface area (Å²) in [6, 6.07) is 3.84. The summed E-state index contributed by atoms with van der Waals surface area (Å²) in [5.41, 5.74) is 0. The van der Waals surface area contributed by atoms with E-state index < -0.39 is 0 Å². The lowest BCUT2D eigenvalue weighted by atomic mass is 10.2. The lowest BCUT2D eigenvalue weighted by Gasteiger charge is -2.20. The van der Waals surface area contributed by atoms with Gasteiger partial charge in [0.15, 0.2) is 0 Å². The van der Waals surface area contributed by atoms with Crippen molar-refractivity contribution in [3.05, 3.63) is 21.3 Å². The first-order valence-electron chi connectivity index (χ1n) is 6.62. The minimum Gasteiger partial charge on any atom is -0.381 e. The van der Waals surface area contributed by atoms with Gasteiger partial charge in [-0.15, -0.1) is 11.3 Å². The van der Waals surface area contributed by atoms with E-state index in [1.165, 1.54) is 11.3 Å². The molecule has 0 radical (unpaired) electrons. The second kappa shape index (κ2) is 8.56. The topological polar surface area (TPSA) is 29.5 Å². The Morgan fingerprint density at radius 1 is 1.47 bits per heavy atom. The number of halogens is 1. The van der Waals surface area contributed by atoms with Crippen molar-refractivity contribution in [1.29, 1.82) is 0 Å². The van der Waals surface area contributed by atoms with Crippen molar-refractivity contribution in [3.8, 4) is 0 Å². The number of nitrogens with zero attached hydrogens (tertiary/aromatic N) is 1. The van der Waals surface area contributed by atoms with Gasteiger partial charge in [0.05, 0.1) is 23.9 Å². The molecule has 1 rings (SSSR count). The van der Waals surface area contributed by atoms with E-state index in [4.69, 9.17) is 16.3 Å². The van der Waals surface area contributed by atoms with Gasteiger partial charge in [0.2, 0.25) is 5.91 Å². The fraction of sp³-hybridized carbons (Fsp3) is 0.643. The van der Waals surface area contributed by atoms with Gasteiger partial charge in [-0.3, -0.25) is 4.79 Å². The number of ether oxygens (including phenoxy) is 1. The van der Waals surface area contributed by atoms with Gasteiger partial charge < -0.3 is 9.64 Å². The number of amides is 1. The lowest BCUT2D eigenvalue weighted by Crippen LogP contribution is -2.30. The Morgan fingerprint density at radius 3 is 2.74 bits per heavy atom. The molecule has 1 aromatic rings. The van der Waals surface area contributed by atoms with Crippen molar-refractivity contribution in [1.82, 2.24) is 4.90 Å². The Labute approximate surface area is 124 Å². The highest BCUT2D eigenvalue weighted by atomic mass is 35.5. The monoisotopic (exact) mass is 303 g/mol. The van der Waals surface area contributed by atoms with Crippen LogP contribution in [0.5, 0.6) is 0 Å². The van der Waals surface area contributed by atoms with Crippen molar-refractivity contribution in [2.75, 3.05) is 19.8 Å². The van der Waals surface area contributed by atoms with Crippen LogP contribution in [0.4, 0.5) is 0 Å². The highest BCUT2D eigenvalue weighted by Gasteiger charge is 2.13. The minimum atomic E-state index is 0.135. The molecule has 0 bridgehead atoms. The minimum absolute atomic E-state index is 0.135. The summed E-state index contributed by atoms with van der Waals surface area (Å²) in [6.07, 6.45) is 0.444. The molecule has 0 aliphatic heterocycles. The second-order valence-electron chi connectivity index (χ2n) is 4.83. The van der Waals surface area contributed by atoms with Crippen molar-refractivity contribution in [2.45, 2.75) is 33.7 Å².